The Morgan fingerprint density at radius 3 is 2.68 bits per heavy atom. The summed E-state index contributed by atoms with van der Waals surface area (Å²) >= 11 is 1.33. The minimum atomic E-state index is -0.302. The molecular weight excluding hydrogens is 379 g/mol. The van der Waals surface area contributed by atoms with Crippen molar-refractivity contribution >= 4 is 17.2 Å². The highest BCUT2D eigenvalue weighted by molar-refractivity contribution is 7.12. The molecule has 28 heavy (non-hydrogen) atoms. The Labute approximate surface area is 165 Å². The molecule has 1 saturated heterocycles. The number of H-pyrrole nitrogens is 1. The van der Waals surface area contributed by atoms with Crippen molar-refractivity contribution in [1.29, 1.82) is 0 Å². The molecule has 6 nitrogen and oxygen atoms in total. The van der Waals surface area contributed by atoms with Crippen LogP contribution in [0.5, 0.6) is 0 Å². The number of aromatic nitrogens is 3. The molecular formula is C20H21FN4O2S. The van der Waals surface area contributed by atoms with Crippen LogP contribution in [0.2, 0.25) is 0 Å². The molecule has 3 heterocycles. The molecule has 8 heteroatoms. The number of thiazole rings is 1. The molecule has 0 radical (unpaired) electrons. The van der Waals surface area contributed by atoms with Gasteiger partial charge in [-0.05, 0) is 50.5 Å². The van der Waals surface area contributed by atoms with Crippen LogP contribution >= 0.6 is 11.3 Å². The van der Waals surface area contributed by atoms with Crippen molar-refractivity contribution in [3.8, 4) is 16.4 Å². The highest BCUT2D eigenvalue weighted by atomic mass is 32.1. The number of carbonyl (C=O) groups is 1. The third-order valence-corrected chi connectivity index (χ3v) is 5.89. The fraction of sp³-hybridized carbons (Fsp3) is 0.350. The van der Waals surface area contributed by atoms with E-state index < -0.39 is 0 Å². The molecule has 1 N–H and O–H groups in total. The highest BCUT2D eigenvalue weighted by Gasteiger charge is 2.20. The first kappa shape index (κ1) is 18.6. The van der Waals surface area contributed by atoms with Crippen molar-refractivity contribution in [1.82, 2.24) is 19.7 Å². The fourth-order valence-electron chi connectivity index (χ4n) is 3.49. The summed E-state index contributed by atoms with van der Waals surface area (Å²) in [6.45, 7) is 3.48. The standard InChI is InChI=1S/C20H21FN4O2S/c1-13-16(8-9-18(26)24-10-2-3-11-24)19(27)25(23-13)20-22-17(12-28-20)14-4-6-15(21)7-5-14/h4-7,12,23H,2-3,8-11H2,1H3. The molecule has 0 atom stereocenters. The lowest BCUT2D eigenvalue weighted by Gasteiger charge is -2.14. The third-order valence-electron chi connectivity index (χ3n) is 5.06. The average molecular weight is 400 g/mol. The van der Waals surface area contributed by atoms with Gasteiger partial charge in [0.15, 0.2) is 0 Å². The molecule has 0 spiro atoms. The van der Waals surface area contributed by atoms with Gasteiger partial charge in [-0.2, -0.15) is 4.68 Å². The number of amides is 1. The van der Waals surface area contributed by atoms with E-state index in [0.717, 1.165) is 37.2 Å². The van der Waals surface area contributed by atoms with Crippen LogP contribution in [-0.4, -0.2) is 38.7 Å². The number of likely N-dealkylation sites (tertiary alicyclic amines) is 1. The minimum absolute atomic E-state index is 0.108. The van der Waals surface area contributed by atoms with Gasteiger partial charge in [-0.25, -0.2) is 9.37 Å². The first-order valence-electron chi connectivity index (χ1n) is 9.33. The van der Waals surface area contributed by atoms with E-state index >= 15 is 0 Å². The molecule has 0 bridgehead atoms. The number of benzene rings is 1. The lowest BCUT2D eigenvalue weighted by molar-refractivity contribution is -0.130. The average Bonchev–Trinajstić information content (AvgIpc) is 3.42. The Kier molecular flexibility index (Phi) is 5.13. The summed E-state index contributed by atoms with van der Waals surface area (Å²) in [4.78, 5) is 31.5. The van der Waals surface area contributed by atoms with Crippen molar-refractivity contribution in [2.45, 2.75) is 32.6 Å². The van der Waals surface area contributed by atoms with E-state index in [1.54, 1.807) is 12.1 Å². The fourth-order valence-corrected chi connectivity index (χ4v) is 4.28. The van der Waals surface area contributed by atoms with Crippen LogP contribution in [-0.2, 0) is 11.2 Å². The molecule has 1 aromatic carbocycles. The molecule has 146 valence electrons. The van der Waals surface area contributed by atoms with Crippen molar-refractivity contribution in [2.24, 2.45) is 0 Å². The Morgan fingerprint density at radius 1 is 1.25 bits per heavy atom. The smallest absolute Gasteiger partial charge is 0.276 e. The Hall–Kier alpha value is -2.74. The normalized spacial score (nSPS) is 14.0. The van der Waals surface area contributed by atoms with E-state index in [-0.39, 0.29) is 17.3 Å². The van der Waals surface area contributed by atoms with Crippen molar-refractivity contribution < 1.29 is 9.18 Å². The molecule has 1 aliphatic rings. The maximum Gasteiger partial charge on any atom is 0.276 e. The first-order valence-corrected chi connectivity index (χ1v) is 10.2. The van der Waals surface area contributed by atoms with E-state index in [4.69, 9.17) is 0 Å². The Morgan fingerprint density at radius 2 is 1.96 bits per heavy atom. The summed E-state index contributed by atoms with van der Waals surface area (Å²) in [6, 6.07) is 6.09. The zero-order chi connectivity index (χ0) is 19.7. The van der Waals surface area contributed by atoms with Crippen LogP contribution in [0.25, 0.3) is 16.4 Å². The second kappa shape index (κ2) is 7.71. The molecule has 1 amide bonds. The van der Waals surface area contributed by atoms with Gasteiger partial charge in [0.1, 0.15) is 5.82 Å². The van der Waals surface area contributed by atoms with E-state index in [1.165, 1.54) is 28.2 Å². The van der Waals surface area contributed by atoms with E-state index in [9.17, 15) is 14.0 Å². The number of aromatic amines is 1. The van der Waals surface area contributed by atoms with E-state index in [0.29, 0.717) is 29.2 Å². The molecule has 3 aromatic rings. The molecule has 2 aromatic heterocycles. The maximum atomic E-state index is 13.1. The predicted molar refractivity (Wildman–Crippen MR) is 106 cm³/mol. The summed E-state index contributed by atoms with van der Waals surface area (Å²) in [5.74, 6) is -0.194. The third kappa shape index (κ3) is 3.64. The van der Waals surface area contributed by atoms with Gasteiger partial charge in [-0.1, -0.05) is 0 Å². The number of rotatable bonds is 5. The van der Waals surface area contributed by atoms with Gasteiger partial charge < -0.3 is 4.90 Å². The zero-order valence-electron chi connectivity index (χ0n) is 15.6. The highest BCUT2D eigenvalue weighted by Crippen LogP contribution is 2.24. The van der Waals surface area contributed by atoms with Crippen LogP contribution in [0.4, 0.5) is 4.39 Å². The first-order chi connectivity index (χ1) is 13.5. The van der Waals surface area contributed by atoms with Gasteiger partial charge >= 0.3 is 0 Å². The molecule has 1 aliphatic heterocycles. The zero-order valence-corrected chi connectivity index (χ0v) is 16.4. The summed E-state index contributed by atoms with van der Waals surface area (Å²) in [5, 5.41) is 5.42. The summed E-state index contributed by atoms with van der Waals surface area (Å²) in [5.41, 5.74) is 2.66. The molecule has 0 saturated carbocycles. The van der Waals surface area contributed by atoms with Crippen molar-refractivity contribution in [2.75, 3.05) is 13.1 Å². The van der Waals surface area contributed by atoms with E-state index in [1.807, 2.05) is 17.2 Å². The van der Waals surface area contributed by atoms with Gasteiger partial charge in [-0.15, -0.1) is 11.3 Å². The second-order valence-electron chi connectivity index (χ2n) is 6.97. The number of halogens is 1. The van der Waals surface area contributed by atoms with Gasteiger partial charge in [0.25, 0.3) is 5.56 Å². The van der Waals surface area contributed by atoms with Crippen LogP contribution < -0.4 is 5.56 Å². The molecule has 0 aliphatic carbocycles. The van der Waals surface area contributed by atoms with Gasteiger partial charge in [0, 0.05) is 41.7 Å². The van der Waals surface area contributed by atoms with E-state index in [2.05, 4.69) is 10.1 Å². The van der Waals surface area contributed by atoms with Crippen molar-refractivity contribution in [3.63, 3.8) is 0 Å². The number of carbonyl (C=O) groups excluding carboxylic acids is 1. The lowest BCUT2D eigenvalue weighted by atomic mass is 10.1. The summed E-state index contributed by atoms with van der Waals surface area (Å²) in [6.07, 6.45) is 2.87. The SMILES string of the molecule is Cc1[nH]n(-c2nc(-c3ccc(F)cc3)cs2)c(=O)c1CCC(=O)N1CCCC1. The van der Waals surface area contributed by atoms with Crippen LogP contribution in [0.3, 0.4) is 0 Å². The van der Waals surface area contributed by atoms with Crippen LogP contribution in [0, 0.1) is 12.7 Å². The number of nitrogens with zero attached hydrogens (tertiary/aromatic N) is 3. The van der Waals surface area contributed by atoms with Gasteiger partial charge in [0.05, 0.1) is 5.69 Å². The second-order valence-corrected chi connectivity index (χ2v) is 7.80. The summed E-state index contributed by atoms with van der Waals surface area (Å²) < 4.78 is 14.5. The Balaban J connectivity index is 1.53. The molecule has 4 rings (SSSR count). The maximum absolute atomic E-state index is 13.1. The molecule has 0 unspecified atom stereocenters. The molecule has 1 fully saturated rings. The Bertz CT molecular complexity index is 1050. The summed E-state index contributed by atoms with van der Waals surface area (Å²) in [7, 11) is 0. The number of hydrogen-bond acceptors (Lipinski definition) is 4. The van der Waals surface area contributed by atoms with Crippen molar-refractivity contribution in [3.05, 3.63) is 57.1 Å². The number of nitrogens with one attached hydrogen (secondary N) is 1. The quantitative estimate of drug-likeness (QED) is 0.714. The van der Waals surface area contributed by atoms with Gasteiger partial charge in [-0.3, -0.25) is 14.7 Å². The number of aryl methyl sites for hydroxylation is 1. The van der Waals surface area contributed by atoms with Gasteiger partial charge in [0.2, 0.25) is 11.0 Å². The number of hydrogen-bond donors (Lipinski definition) is 1. The monoisotopic (exact) mass is 400 g/mol. The topological polar surface area (TPSA) is 71.0 Å². The minimum Gasteiger partial charge on any atom is -0.343 e. The van der Waals surface area contributed by atoms with Crippen LogP contribution in [0.1, 0.15) is 30.5 Å². The largest absolute Gasteiger partial charge is 0.343 e. The van der Waals surface area contributed by atoms with Crippen LogP contribution in [0.15, 0.2) is 34.4 Å². The lowest BCUT2D eigenvalue weighted by Crippen LogP contribution is -2.28. The predicted octanol–water partition coefficient (Wildman–Crippen LogP) is 3.29.